The molecule has 0 spiro atoms. The average molecular weight is 150 g/mol. The molecular formula is C4H8ClN3O. The number of halogens is 1. The minimum Gasteiger partial charge on any atom is -0.360 e. The van der Waals surface area contributed by atoms with Gasteiger partial charge in [-0.1, -0.05) is 0 Å². The molecular weight excluding hydrogens is 142 g/mol. The molecule has 52 valence electrons. The molecule has 0 aliphatic rings. The minimum atomic E-state index is -0.505. The third-order valence-electron chi connectivity index (χ3n) is 0.654. The van der Waals surface area contributed by atoms with Gasteiger partial charge in [-0.25, -0.2) is 0 Å². The summed E-state index contributed by atoms with van der Waals surface area (Å²) in [6.45, 7) is -0.0127. The molecule has 0 amide bonds. The molecule has 4 nitrogen and oxygen atoms in total. The van der Waals surface area contributed by atoms with Crippen molar-refractivity contribution in [2.24, 2.45) is 0 Å². The third-order valence-corrected chi connectivity index (χ3v) is 0.788. The van der Waals surface area contributed by atoms with E-state index in [9.17, 15) is 4.79 Å². The smallest absolute Gasteiger partial charge is 0.240 e. The highest BCUT2D eigenvalue weighted by Gasteiger charge is 1.94. The fraction of sp³-hybridized carbons (Fsp3) is 0.500. The van der Waals surface area contributed by atoms with Crippen LogP contribution in [-0.2, 0) is 4.79 Å². The molecule has 0 rings (SSSR count). The molecule has 0 atom stereocenters. The second-order valence-corrected chi connectivity index (χ2v) is 1.76. The Hall–Kier alpha value is -0.770. The fourth-order valence-electron chi connectivity index (χ4n) is 0.246. The van der Waals surface area contributed by atoms with Crippen LogP contribution in [0.3, 0.4) is 0 Å². The Morgan fingerprint density at radius 1 is 1.78 bits per heavy atom. The minimum absolute atomic E-state index is 0.0127. The zero-order chi connectivity index (χ0) is 7.28. The largest absolute Gasteiger partial charge is 0.360 e. The Morgan fingerprint density at radius 2 is 2.33 bits per heavy atom. The molecule has 5 heteroatoms. The standard InChI is InChI=1S/C4H8ClN3O/c1-7-4(6)8-2-3(5)9/h2H2,1H3,(H3,6,7,8). The lowest BCUT2D eigenvalue weighted by atomic mass is 10.7. The van der Waals surface area contributed by atoms with E-state index in [-0.39, 0.29) is 12.5 Å². The first-order valence-electron chi connectivity index (χ1n) is 2.35. The first-order chi connectivity index (χ1) is 4.16. The highest BCUT2D eigenvalue weighted by molar-refractivity contribution is 6.64. The second kappa shape index (κ2) is 4.14. The van der Waals surface area contributed by atoms with Crippen LogP contribution in [0.5, 0.6) is 0 Å². The van der Waals surface area contributed by atoms with Gasteiger partial charge in [0.15, 0.2) is 5.96 Å². The van der Waals surface area contributed by atoms with Crippen LogP contribution in [0.2, 0.25) is 0 Å². The Balaban J connectivity index is 3.28. The van der Waals surface area contributed by atoms with E-state index in [1.807, 2.05) is 0 Å². The van der Waals surface area contributed by atoms with Crippen molar-refractivity contribution >= 4 is 22.8 Å². The van der Waals surface area contributed by atoms with E-state index in [0.29, 0.717) is 0 Å². The number of carbonyl (C=O) groups excluding carboxylic acids is 1. The van der Waals surface area contributed by atoms with E-state index in [2.05, 4.69) is 10.6 Å². The van der Waals surface area contributed by atoms with Crippen molar-refractivity contribution in [2.45, 2.75) is 0 Å². The molecule has 0 radical (unpaired) electrons. The third kappa shape index (κ3) is 5.10. The predicted octanol–water partition coefficient (Wildman–Crippen LogP) is -0.504. The molecule has 0 aliphatic carbocycles. The summed E-state index contributed by atoms with van der Waals surface area (Å²) in [5.74, 6) is 0.0870. The maximum Gasteiger partial charge on any atom is 0.240 e. The van der Waals surface area contributed by atoms with Crippen LogP contribution in [0, 0.1) is 5.41 Å². The van der Waals surface area contributed by atoms with E-state index in [1.54, 1.807) is 7.05 Å². The molecule has 9 heavy (non-hydrogen) atoms. The molecule has 0 aromatic rings. The molecule has 0 saturated carbocycles. The summed E-state index contributed by atoms with van der Waals surface area (Å²) in [5, 5.41) is 11.3. The number of rotatable bonds is 2. The lowest BCUT2D eigenvalue weighted by Crippen LogP contribution is -2.35. The van der Waals surface area contributed by atoms with E-state index in [0.717, 1.165) is 0 Å². The zero-order valence-corrected chi connectivity index (χ0v) is 5.75. The van der Waals surface area contributed by atoms with Gasteiger partial charge in [0.2, 0.25) is 5.24 Å². The van der Waals surface area contributed by atoms with Gasteiger partial charge in [-0.3, -0.25) is 10.2 Å². The number of guanidine groups is 1. The Kier molecular flexibility index (Phi) is 3.79. The van der Waals surface area contributed by atoms with E-state index >= 15 is 0 Å². The number of hydrogen-bond donors (Lipinski definition) is 3. The quantitative estimate of drug-likeness (QED) is 0.282. The summed E-state index contributed by atoms with van der Waals surface area (Å²) in [6.07, 6.45) is 0. The molecule has 0 unspecified atom stereocenters. The summed E-state index contributed by atoms with van der Waals surface area (Å²) in [6, 6.07) is 0. The van der Waals surface area contributed by atoms with Gasteiger partial charge in [0, 0.05) is 7.05 Å². The van der Waals surface area contributed by atoms with Gasteiger partial charge >= 0.3 is 0 Å². The summed E-state index contributed by atoms with van der Waals surface area (Å²) in [5.41, 5.74) is 0. The van der Waals surface area contributed by atoms with Gasteiger partial charge in [-0.2, -0.15) is 0 Å². The number of hydrogen-bond acceptors (Lipinski definition) is 2. The fourth-order valence-corrected chi connectivity index (χ4v) is 0.313. The lowest BCUT2D eigenvalue weighted by molar-refractivity contribution is -0.110. The van der Waals surface area contributed by atoms with Crippen molar-refractivity contribution in [3.05, 3.63) is 0 Å². The molecule has 3 N–H and O–H groups in total. The van der Waals surface area contributed by atoms with Gasteiger partial charge in [0.05, 0.1) is 6.54 Å². The first-order valence-corrected chi connectivity index (χ1v) is 2.73. The van der Waals surface area contributed by atoms with E-state index in [1.165, 1.54) is 0 Å². The van der Waals surface area contributed by atoms with Crippen LogP contribution in [0.1, 0.15) is 0 Å². The first kappa shape index (κ1) is 8.23. The average Bonchev–Trinajstić information content (AvgIpc) is 1.83. The summed E-state index contributed by atoms with van der Waals surface area (Å²) in [7, 11) is 1.58. The normalized spacial score (nSPS) is 8.22. The lowest BCUT2D eigenvalue weighted by Gasteiger charge is -2.01. The van der Waals surface area contributed by atoms with Gasteiger partial charge in [-0.05, 0) is 11.6 Å². The van der Waals surface area contributed by atoms with E-state index < -0.39 is 5.24 Å². The van der Waals surface area contributed by atoms with Crippen LogP contribution in [0.15, 0.2) is 0 Å². The topological polar surface area (TPSA) is 65.0 Å². The predicted molar refractivity (Wildman–Crippen MR) is 35.6 cm³/mol. The maximum absolute atomic E-state index is 10.0. The van der Waals surface area contributed by atoms with Crippen molar-refractivity contribution in [1.29, 1.82) is 5.41 Å². The van der Waals surface area contributed by atoms with Gasteiger partial charge in [-0.15, -0.1) is 0 Å². The van der Waals surface area contributed by atoms with Gasteiger partial charge < -0.3 is 10.6 Å². The van der Waals surface area contributed by atoms with Crippen LogP contribution in [0.25, 0.3) is 0 Å². The molecule has 0 fully saturated rings. The monoisotopic (exact) mass is 149 g/mol. The van der Waals surface area contributed by atoms with Crippen LogP contribution < -0.4 is 10.6 Å². The Labute approximate surface area is 58.1 Å². The van der Waals surface area contributed by atoms with Gasteiger partial charge in [0.25, 0.3) is 0 Å². The zero-order valence-electron chi connectivity index (χ0n) is 4.99. The molecule has 0 bridgehead atoms. The maximum atomic E-state index is 10.0. The van der Waals surface area contributed by atoms with Crippen LogP contribution >= 0.6 is 11.6 Å². The van der Waals surface area contributed by atoms with Crippen molar-refractivity contribution in [2.75, 3.05) is 13.6 Å². The Morgan fingerprint density at radius 3 is 2.67 bits per heavy atom. The molecule has 0 heterocycles. The summed E-state index contributed by atoms with van der Waals surface area (Å²) >= 11 is 4.95. The summed E-state index contributed by atoms with van der Waals surface area (Å²) in [4.78, 5) is 10.0. The number of carbonyl (C=O) groups is 1. The van der Waals surface area contributed by atoms with E-state index in [4.69, 9.17) is 17.0 Å². The van der Waals surface area contributed by atoms with Crippen molar-refractivity contribution < 1.29 is 4.79 Å². The Bertz CT molecular complexity index is 125. The molecule has 0 aromatic carbocycles. The SMILES string of the molecule is CNC(=N)NCC(=O)Cl. The molecule has 0 saturated heterocycles. The highest BCUT2D eigenvalue weighted by Crippen LogP contribution is 1.73. The van der Waals surface area contributed by atoms with Crippen molar-refractivity contribution in [1.82, 2.24) is 10.6 Å². The van der Waals surface area contributed by atoms with Crippen molar-refractivity contribution in [3.8, 4) is 0 Å². The van der Waals surface area contributed by atoms with Crippen molar-refractivity contribution in [3.63, 3.8) is 0 Å². The van der Waals surface area contributed by atoms with Crippen LogP contribution in [0.4, 0.5) is 0 Å². The molecule has 0 aromatic heterocycles. The molecule has 0 aliphatic heterocycles. The highest BCUT2D eigenvalue weighted by atomic mass is 35.5. The second-order valence-electron chi connectivity index (χ2n) is 1.33. The van der Waals surface area contributed by atoms with Gasteiger partial charge in [0.1, 0.15) is 0 Å². The number of nitrogens with one attached hydrogen (secondary N) is 3. The summed E-state index contributed by atoms with van der Waals surface area (Å²) < 4.78 is 0. The van der Waals surface area contributed by atoms with Crippen LogP contribution in [-0.4, -0.2) is 24.8 Å².